The molecular weight excluding hydrogens is 295 g/mol. The number of hydrogen-bond acceptors (Lipinski definition) is 2. The van der Waals surface area contributed by atoms with Crippen molar-refractivity contribution in [2.24, 2.45) is 0 Å². The monoisotopic (exact) mass is 306 g/mol. The zero-order valence-electron chi connectivity index (χ0n) is 10.6. The minimum atomic E-state index is -0.0745. The summed E-state index contributed by atoms with van der Waals surface area (Å²) in [7, 11) is 0. The normalized spacial score (nSPS) is 11.2. The van der Waals surface area contributed by atoms with Crippen LogP contribution in [0.25, 0.3) is 10.9 Å². The Labute approximate surface area is 126 Å². The summed E-state index contributed by atoms with van der Waals surface area (Å²) < 4.78 is 1.86. The van der Waals surface area contributed by atoms with Crippen LogP contribution in [0, 0.1) is 0 Å². The van der Waals surface area contributed by atoms with Crippen molar-refractivity contribution in [2.45, 2.75) is 13.2 Å². The second kappa shape index (κ2) is 5.44. The van der Waals surface area contributed by atoms with E-state index >= 15 is 0 Å². The molecule has 0 saturated carbocycles. The summed E-state index contributed by atoms with van der Waals surface area (Å²) >= 11 is 11.9. The molecule has 0 saturated heterocycles. The van der Waals surface area contributed by atoms with E-state index in [1.54, 1.807) is 6.07 Å². The fourth-order valence-electron chi connectivity index (χ4n) is 2.24. The molecule has 0 aliphatic carbocycles. The highest BCUT2D eigenvalue weighted by Gasteiger charge is 2.10. The van der Waals surface area contributed by atoms with Gasteiger partial charge in [-0.1, -0.05) is 47.5 Å². The fourth-order valence-corrected chi connectivity index (χ4v) is 2.57. The summed E-state index contributed by atoms with van der Waals surface area (Å²) in [6, 6.07) is 13.4. The number of benzene rings is 2. The first-order chi connectivity index (χ1) is 9.69. The summed E-state index contributed by atoms with van der Waals surface area (Å²) in [5.74, 6) is 0. The number of aromatic nitrogens is 2. The van der Waals surface area contributed by atoms with Gasteiger partial charge in [0.25, 0.3) is 0 Å². The smallest absolute Gasteiger partial charge is 0.0957 e. The summed E-state index contributed by atoms with van der Waals surface area (Å²) in [6.07, 6.45) is 0. The quantitative estimate of drug-likeness (QED) is 0.797. The molecule has 20 heavy (non-hydrogen) atoms. The number of para-hydroxylation sites is 1. The Kier molecular flexibility index (Phi) is 3.66. The highest BCUT2D eigenvalue weighted by molar-refractivity contribution is 6.42. The van der Waals surface area contributed by atoms with Crippen LogP contribution in [0.15, 0.2) is 42.5 Å². The molecule has 0 aliphatic heterocycles. The van der Waals surface area contributed by atoms with Gasteiger partial charge in [0.05, 0.1) is 34.4 Å². The van der Waals surface area contributed by atoms with Crippen LogP contribution in [-0.2, 0) is 13.2 Å². The van der Waals surface area contributed by atoms with E-state index < -0.39 is 0 Å². The number of nitrogens with zero attached hydrogens (tertiary/aromatic N) is 2. The van der Waals surface area contributed by atoms with Crippen molar-refractivity contribution >= 4 is 34.1 Å². The van der Waals surface area contributed by atoms with E-state index in [0.29, 0.717) is 22.3 Å². The van der Waals surface area contributed by atoms with Crippen LogP contribution in [0.2, 0.25) is 10.0 Å². The summed E-state index contributed by atoms with van der Waals surface area (Å²) in [5.41, 5.74) is 2.68. The van der Waals surface area contributed by atoms with Crippen molar-refractivity contribution in [3.63, 3.8) is 0 Å². The first-order valence-corrected chi connectivity index (χ1v) is 6.94. The molecule has 0 spiro atoms. The zero-order chi connectivity index (χ0) is 14.1. The van der Waals surface area contributed by atoms with E-state index in [1.807, 2.05) is 41.1 Å². The molecule has 0 radical (unpaired) electrons. The third kappa shape index (κ3) is 2.40. The van der Waals surface area contributed by atoms with E-state index in [1.165, 1.54) is 0 Å². The molecular formula is C15H12Cl2N2O. The Balaban J connectivity index is 2.04. The maximum atomic E-state index is 9.38. The Morgan fingerprint density at radius 2 is 1.85 bits per heavy atom. The Hall–Kier alpha value is -1.55. The predicted molar refractivity (Wildman–Crippen MR) is 81.2 cm³/mol. The summed E-state index contributed by atoms with van der Waals surface area (Å²) in [6.45, 7) is 0.506. The first kappa shape index (κ1) is 13.4. The number of hydrogen-bond donors (Lipinski definition) is 1. The number of aliphatic hydroxyl groups is 1. The maximum absolute atomic E-state index is 9.38. The molecule has 0 unspecified atom stereocenters. The van der Waals surface area contributed by atoms with E-state index in [2.05, 4.69) is 5.10 Å². The molecule has 0 amide bonds. The lowest BCUT2D eigenvalue weighted by molar-refractivity contribution is 0.276. The molecule has 0 aliphatic rings. The van der Waals surface area contributed by atoms with Crippen LogP contribution in [0.1, 0.15) is 11.3 Å². The van der Waals surface area contributed by atoms with Crippen LogP contribution in [-0.4, -0.2) is 14.9 Å². The molecule has 3 nitrogen and oxygen atoms in total. The van der Waals surface area contributed by atoms with Gasteiger partial charge in [-0.3, -0.25) is 4.68 Å². The lowest BCUT2D eigenvalue weighted by Gasteiger charge is -2.05. The molecule has 0 atom stereocenters. The summed E-state index contributed by atoms with van der Waals surface area (Å²) in [5, 5.41) is 15.9. The van der Waals surface area contributed by atoms with Crippen LogP contribution in [0.3, 0.4) is 0 Å². The molecule has 0 fully saturated rings. The topological polar surface area (TPSA) is 38.1 Å². The lowest BCUT2D eigenvalue weighted by atomic mass is 10.2. The highest BCUT2D eigenvalue weighted by Crippen LogP contribution is 2.24. The van der Waals surface area contributed by atoms with E-state index in [0.717, 1.165) is 16.5 Å². The molecule has 5 heteroatoms. The molecule has 2 aromatic carbocycles. The zero-order valence-corrected chi connectivity index (χ0v) is 12.1. The Bertz CT molecular complexity index is 768. The SMILES string of the molecule is OCc1nn(Cc2ccc(Cl)c(Cl)c2)c2ccccc12. The van der Waals surface area contributed by atoms with Gasteiger partial charge in [0.2, 0.25) is 0 Å². The minimum Gasteiger partial charge on any atom is -0.390 e. The van der Waals surface area contributed by atoms with E-state index in [9.17, 15) is 5.11 Å². The van der Waals surface area contributed by atoms with Crippen molar-refractivity contribution in [3.05, 3.63) is 63.8 Å². The van der Waals surface area contributed by atoms with E-state index in [-0.39, 0.29) is 6.61 Å². The van der Waals surface area contributed by atoms with Gasteiger partial charge < -0.3 is 5.11 Å². The van der Waals surface area contributed by atoms with Gasteiger partial charge in [-0.2, -0.15) is 5.10 Å². The lowest BCUT2D eigenvalue weighted by Crippen LogP contribution is -2.02. The molecule has 1 N–H and O–H groups in total. The van der Waals surface area contributed by atoms with Crippen molar-refractivity contribution in [2.75, 3.05) is 0 Å². The largest absolute Gasteiger partial charge is 0.390 e. The Morgan fingerprint density at radius 3 is 2.60 bits per heavy atom. The van der Waals surface area contributed by atoms with Crippen molar-refractivity contribution in [1.82, 2.24) is 9.78 Å². The number of fused-ring (bicyclic) bond motifs is 1. The average Bonchev–Trinajstić information content (AvgIpc) is 2.81. The van der Waals surface area contributed by atoms with Crippen molar-refractivity contribution < 1.29 is 5.11 Å². The second-order valence-electron chi connectivity index (χ2n) is 4.53. The number of aliphatic hydroxyl groups excluding tert-OH is 1. The molecule has 3 aromatic rings. The molecule has 1 heterocycles. The third-order valence-corrected chi connectivity index (χ3v) is 3.94. The minimum absolute atomic E-state index is 0.0745. The van der Waals surface area contributed by atoms with Gasteiger partial charge >= 0.3 is 0 Å². The standard InChI is InChI=1S/C15H12Cl2N2O/c16-12-6-5-10(7-13(12)17)8-19-15-4-2-1-3-11(15)14(9-20)18-19/h1-7,20H,8-9H2. The van der Waals surface area contributed by atoms with Crippen LogP contribution < -0.4 is 0 Å². The number of rotatable bonds is 3. The van der Waals surface area contributed by atoms with Gasteiger partial charge in [0, 0.05) is 5.39 Å². The Morgan fingerprint density at radius 1 is 1.05 bits per heavy atom. The second-order valence-corrected chi connectivity index (χ2v) is 5.34. The molecule has 3 rings (SSSR count). The molecule has 1 aromatic heterocycles. The first-order valence-electron chi connectivity index (χ1n) is 6.18. The maximum Gasteiger partial charge on any atom is 0.0957 e. The van der Waals surface area contributed by atoms with Crippen molar-refractivity contribution in [1.29, 1.82) is 0 Å². The molecule has 102 valence electrons. The molecule has 0 bridgehead atoms. The van der Waals surface area contributed by atoms with E-state index in [4.69, 9.17) is 23.2 Å². The fraction of sp³-hybridized carbons (Fsp3) is 0.133. The van der Waals surface area contributed by atoms with Crippen LogP contribution in [0.4, 0.5) is 0 Å². The predicted octanol–water partition coefficient (Wildman–Crippen LogP) is 3.88. The number of halogens is 2. The third-order valence-electron chi connectivity index (χ3n) is 3.20. The average molecular weight is 307 g/mol. The van der Waals surface area contributed by atoms with Crippen molar-refractivity contribution in [3.8, 4) is 0 Å². The van der Waals surface area contributed by atoms with Crippen LogP contribution in [0.5, 0.6) is 0 Å². The highest BCUT2D eigenvalue weighted by atomic mass is 35.5. The van der Waals surface area contributed by atoms with Gasteiger partial charge in [0.1, 0.15) is 0 Å². The van der Waals surface area contributed by atoms with Crippen LogP contribution >= 0.6 is 23.2 Å². The van der Waals surface area contributed by atoms with Gasteiger partial charge in [-0.25, -0.2) is 0 Å². The summed E-state index contributed by atoms with van der Waals surface area (Å²) in [4.78, 5) is 0. The van der Waals surface area contributed by atoms with Gasteiger partial charge in [-0.05, 0) is 23.8 Å². The van der Waals surface area contributed by atoms with Gasteiger partial charge in [-0.15, -0.1) is 0 Å². The van der Waals surface area contributed by atoms with Gasteiger partial charge in [0.15, 0.2) is 0 Å².